The number of nitrogens with one attached hydrogen (secondary N) is 3. The van der Waals surface area contributed by atoms with Gasteiger partial charge in [-0.15, -0.1) is 0 Å². The largest absolute Gasteiger partial charge is 0.326 e. The van der Waals surface area contributed by atoms with Crippen molar-refractivity contribution in [3.63, 3.8) is 0 Å². The fourth-order valence-electron chi connectivity index (χ4n) is 2.41. The van der Waals surface area contributed by atoms with E-state index in [4.69, 9.17) is 0 Å². The first-order valence-electron chi connectivity index (χ1n) is 6.99. The van der Waals surface area contributed by atoms with Gasteiger partial charge in [-0.25, -0.2) is 0 Å². The molecule has 2 atom stereocenters. The van der Waals surface area contributed by atoms with Gasteiger partial charge in [-0.3, -0.25) is 9.59 Å². The molecule has 0 aromatic heterocycles. The van der Waals surface area contributed by atoms with Gasteiger partial charge in [0.2, 0.25) is 11.8 Å². The van der Waals surface area contributed by atoms with Crippen molar-refractivity contribution in [1.29, 1.82) is 0 Å². The summed E-state index contributed by atoms with van der Waals surface area (Å²) in [6.45, 7) is 3.56. The van der Waals surface area contributed by atoms with Crippen molar-refractivity contribution in [3.8, 4) is 0 Å². The number of amides is 2. The van der Waals surface area contributed by atoms with Crippen LogP contribution in [0.25, 0.3) is 0 Å². The maximum absolute atomic E-state index is 12.1. The van der Waals surface area contributed by atoms with Crippen LogP contribution in [0.15, 0.2) is 24.3 Å². The first-order valence-corrected chi connectivity index (χ1v) is 6.99. The molecule has 1 aromatic rings. The number of piperidine rings is 1. The molecule has 1 aliphatic rings. The molecule has 1 aromatic carbocycles. The van der Waals surface area contributed by atoms with Gasteiger partial charge in [-0.2, -0.15) is 0 Å². The Labute approximate surface area is 119 Å². The molecule has 0 aliphatic carbocycles. The van der Waals surface area contributed by atoms with Gasteiger partial charge >= 0.3 is 0 Å². The van der Waals surface area contributed by atoms with Crippen LogP contribution in [-0.4, -0.2) is 23.9 Å². The van der Waals surface area contributed by atoms with Crippen molar-refractivity contribution in [2.45, 2.75) is 45.2 Å². The maximum Gasteiger partial charge on any atom is 0.241 e. The van der Waals surface area contributed by atoms with Gasteiger partial charge < -0.3 is 16.0 Å². The van der Waals surface area contributed by atoms with E-state index in [2.05, 4.69) is 22.9 Å². The number of carbonyl (C=O) groups excluding carboxylic acids is 2. The molecule has 2 rings (SSSR count). The third-order valence-electron chi connectivity index (χ3n) is 3.40. The number of hydrogen-bond acceptors (Lipinski definition) is 3. The summed E-state index contributed by atoms with van der Waals surface area (Å²) in [6.07, 6.45) is 3.07. The molecule has 3 N–H and O–H groups in total. The van der Waals surface area contributed by atoms with E-state index in [-0.39, 0.29) is 17.9 Å². The Hall–Kier alpha value is -1.88. The quantitative estimate of drug-likeness (QED) is 0.791. The minimum atomic E-state index is -0.117. The Balaban J connectivity index is 1.92. The fraction of sp³-hybridized carbons (Fsp3) is 0.467. The third-order valence-corrected chi connectivity index (χ3v) is 3.40. The summed E-state index contributed by atoms with van der Waals surface area (Å²) in [6, 6.07) is 7.39. The highest BCUT2D eigenvalue weighted by atomic mass is 16.2. The van der Waals surface area contributed by atoms with Crippen LogP contribution < -0.4 is 16.0 Å². The van der Waals surface area contributed by atoms with E-state index in [0.29, 0.717) is 6.04 Å². The normalized spacial score (nSPS) is 22.1. The maximum atomic E-state index is 12.1. The molecular weight excluding hydrogens is 254 g/mol. The Kier molecular flexibility index (Phi) is 4.74. The van der Waals surface area contributed by atoms with Gasteiger partial charge in [0.05, 0.1) is 6.04 Å². The van der Waals surface area contributed by atoms with E-state index in [1.807, 2.05) is 0 Å². The summed E-state index contributed by atoms with van der Waals surface area (Å²) in [5.41, 5.74) is 1.46. The number of carbonyl (C=O) groups is 2. The van der Waals surface area contributed by atoms with E-state index >= 15 is 0 Å². The van der Waals surface area contributed by atoms with Crippen molar-refractivity contribution in [2.24, 2.45) is 0 Å². The minimum Gasteiger partial charge on any atom is -0.326 e. The fourth-order valence-corrected chi connectivity index (χ4v) is 2.41. The average Bonchev–Trinajstić information content (AvgIpc) is 2.40. The molecular formula is C15H21N3O2. The number of benzene rings is 1. The lowest BCUT2D eigenvalue weighted by molar-refractivity contribution is -0.119. The van der Waals surface area contributed by atoms with E-state index in [1.54, 1.807) is 24.3 Å². The highest BCUT2D eigenvalue weighted by molar-refractivity contribution is 5.95. The van der Waals surface area contributed by atoms with Crippen LogP contribution in [0.1, 0.15) is 33.1 Å². The standard InChI is InChI=1S/C15H21N3O2/c1-10-4-3-5-14(16-10)15(20)18-13-8-6-12(7-9-13)17-11(2)19/h6-10,14,16H,3-5H2,1-2H3,(H,17,19)(H,18,20). The molecule has 5 heteroatoms. The number of hydrogen-bond donors (Lipinski definition) is 3. The Morgan fingerprint density at radius 3 is 2.25 bits per heavy atom. The molecule has 0 saturated carbocycles. The molecule has 0 bridgehead atoms. The summed E-state index contributed by atoms with van der Waals surface area (Å²) in [7, 11) is 0. The van der Waals surface area contributed by atoms with E-state index in [0.717, 1.165) is 30.6 Å². The molecule has 108 valence electrons. The summed E-state index contributed by atoms with van der Waals surface area (Å²) < 4.78 is 0. The molecule has 5 nitrogen and oxygen atoms in total. The molecule has 2 amide bonds. The van der Waals surface area contributed by atoms with Gasteiger partial charge in [0, 0.05) is 24.3 Å². The third kappa shape index (κ3) is 4.06. The average molecular weight is 275 g/mol. The van der Waals surface area contributed by atoms with Crippen molar-refractivity contribution in [1.82, 2.24) is 5.32 Å². The van der Waals surface area contributed by atoms with Crippen molar-refractivity contribution in [2.75, 3.05) is 10.6 Å². The van der Waals surface area contributed by atoms with Gasteiger partial charge in [-0.05, 0) is 50.5 Å². The predicted molar refractivity (Wildman–Crippen MR) is 79.6 cm³/mol. The molecule has 1 heterocycles. The zero-order valence-electron chi connectivity index (χ0n) is 11.9. The summed E-state index contributed by atoms with van der Waals surface area (Å²) in [5, 5.41) is 8.89. The van der Waals surface area contributed by atoms with E-state index < -0.39 is 0 Å². The highest BCUT2D eigenvalue weighted by Crippen LogP contribution is 2.16. The smallest absolute Gasteiger partial charge is 0.241 e. The van der Waals surface area contributed by atoms with Crippen LogP contribution >= 0.6 is 0 Å². The van der Waals surface area contributed by atoms with Crippen LogP contribution in [0.5, 0.6) is 0 Å². The zero-order valence-corrected chi connectivity index (χ0v) is 11.9. The van der Waals surface area contributed by atoms with Crippen LogP contribution in [0.2, 0.25) is 0 Å². The first kappa shape index (κ1) is 14.5. The Morgan fingerprint density at radius 2 is 1.70 bits per heavy atom. The minimum absolute atomic E-state index is 0.00354. The summed E-state index contributed by atoms with van der Waals surface area (Å²) in [4.78, 5) is 23.1. The predicted octanol–water partition coefficient (Wildman–Crippen LogP) is 2.11. The number of anilines is 2. The lowest BCUT2D eigenvalue weighted by Gasteiger charge is -2.27. The van der Waals surface area contributed by atoms with Crippen molar-refractivity contribution < 1.29 is 9.59 Å². The SMILES string of the molecule is CC(=O)Nc1ccc(NC(=O)C2CCCC(C)N2)cc1. The lowest BCUT2D eigenvalue weighted by Crippen LogP contribution is -2.47. The summed E-state index contributed by atoms with van der Waals surface area (Å²) in [5.74, 6) is -0.106. The van der Waals surface area contributed by atoms with E-state index in [9.17, 15) is 9.59 Å². The molecule has 1 aliphatic heterocycles. The second kappa shape index (κ2) is 6.52. The molecule has 0 spiro atoms. The molecule has 1 saturated heterocycles. The van der Waals surface area contributed by atoms with Crippen molar-refractivity contribution in [3.05, 3.63) is 24.3 Å². The monoisotopic (exact) mass is 275 g/mol. The Bertz CT molecular complexity index is 484. The molecule has 20 heavy (non-hydrogen) atoms. The molecule has 0 radical (unpaired) electrons. The zero-order chi connectivity index (χ0) is 14.5. The van der Waals surface area contributed by atoms with Gasteiger partial charge in [0.25, 0.3) is 0 Å². The molecule has 1 fully saturated rings. The lowest BCUT2D eigenvalue weighted by atomic mass is 9.99. The van der Waals surface area contributed by atoms with Crippen LogP contribution in [0.3, 0.4) is 0 Å². The second-order valence-electron chi connectivity index (χ2n) is 5.30. The van der Waals surface area contributed by atoms with Crippen LogP contribution in [0, 0.1) is 0 Å². The van der Waals surface area contributed by atoms with Crippen LogP contribution in [-0.2, 0) is 9.59 Å². The highest BCUT2D eigenvalue weighted by Gasteiger charge is 2.23. The van der Waals surface area contributed by atoms with Crippen molar-refractivity contribution >= 4 is 23.2 Å². The molecule has 2 unspecified atom stereocenters. The van der Waals surface area contributed by atoms with Gasteiger partial charge in [0.15, 0.2) is 0 Å². The van der Waals surface area contributed by atoms with Gasteiger partial charge in [0.1, 0.15) is 0 Å². The first-order chi connectivity index (χ1) is 9.54. The van der Waals surface area contributed by atoms with E-state index in [1.165, 1.54) is 6.92 Å². The van der Waals surface area contributed by atoms with Gasteiger partial charge in [-0.1, -0.05) is 0 Å². The summed E-state index contributed by atoms with van der Waals surface area (Å²) >= 11 is 0. The Morgan fingerprint density at radius 1 is 1.10 bits per heavy atom. The number of rotatable bonds is 3. The van der Waals surface area contributed by atoms with Crippen LogP contribution in [0.4, 0.5) is 11.4 Å². The topological polar surface area (TPSA) is 70.2 Å². The second-order valence-corrected chi connectivity index (χ2v) is 5.30.